The van der Waals surface area contributed by atoms with Crippen molar-refractivity contribution in [3.8, 4) is 0 Å². The zero-order chi connectivity index (χ0) is 12.7. The number of hydrogen-bond acceptors (Lipinski definition) is 0. The molecule has 0 aromatic heterocycles. The SMILES string of the molecule is CC(C)C1CCCCCCCCCC1C(C)C. The van der Waals surface area contributed by atoms with Crippen LogP contribution in [-0.4, -0.2) is 0 Å². The Balaban J connectivity index is 2.61. The Hall–Kier alpha value is 0. The van der Waals surface area contributed by atoms with E-state index in [4.69, 9.17) is 0 Å². The fraction of sp³-hybridized carbons (Fsp3) is 1.00. The van der Waals surface area contributed by atoms with Crippen molar-refractivity contribution in [2.24, 2.45) is 23.7 Å². The normalized spacial score (nSPS) is 29.3. The van der Waals surface area contributed by atoms with Crippen LogP contribution in [0.5, 0.6) is 0 Å². The van der Waals surface area contributed by atoms with Crippen LogP contribution >= 0.6 is 0 Å². The maximum Gasteiger partial charge on any atom is -0.0360 e. The molecule has 1 aliphatic rings. The number of rotatable bonds is 2. The molecule has 0 spiro atoms. The van der Waals surface area contributed by atoms with Gasteiger partial charge < -0.3 is 0 Å². The molecule has 0 aromatic carbocycles. The van der Waals surface area contributed by atoms with Crippen molar-refractivity contribution in [2.45, 2.75) is 85.5 Å². The highest BCUT2D eigenvalue weighted by atomic mass is 14.3. The van der Waals surface area contributed by atoms with Crippen molar-refractivity contribution < 1.29 is 0 Å². The minimum Gasteiger partial charge on any atom is -0.0625 e. The van der Waals surface area contributed by atoms with Gasteiger partial charge in [-0.2, -0.15) is 0 Å². The summed E-state index contributed by atoms with van der Waals surface area (Å²) in [7, 11) is 0. The zero-order valence-corrected chi connectivity index (χ0v) is 12.7. The van der Waals surface area contributed by atoms with Crippen molar-refractivity contribution in [2.75, 3.05) is 0 Å². The van der Waals surface area contributed by atoms with E-state index in [0.717, 1.165) is 23.7 Å². The standard InChI is InChI=1S/C17H34/c1-14(2)16-12-10-8-6-5-7-9-11-13-17(16)15(3)4/h14-17H,5-13H2,1-4H3. The Morgan fingerprint density at radius 3 is 1.12 bits per heavy atom. The van der Waals surface area contributed by atoms with Gasteiger partial charge in [0.05, 0.1) is 0 Å². The maximum atomic E-state index is 2.44. The molecule has 0 saturated heterocycles. The summed E-state index contributed by atoms with van der Waals surface area (Å²) in [5.41, 5.74) is 0. The highest BCUT2D eigenvalue weighted by Crippen LogP contribution is 2.36. The van der Waals surface area contributed by atoms with Crippen LogP contribution in [-0.2, 0) is 0 Å². The van der Waals surface area contributed by atoms with Gasteiger partial charge in [0.15, 0.2) is 0 Å². The van der Waals surface area contributed by atoms with Crippen LogP contribution in [0.4, 0.5) is 0 Å². The second-order valence-electron chi connectivity index (χ2n) is 6.87. The molecule has 1 aliphatic carbocycles. The average Bonchev–Trinajstić information content (AvgIpc) is 2.31. The zero-order valence-electron chi connectivity index (χ0n) is 12.7. The minimum absolute atomic E-state index is 0.878. The Bertz CT molecular complexity index is 160. The van der Waals surface area contributed by atoms with Gasteiger partial charge in [0, 0.05) is 0 Å². The summed E-state index contributed by atoms with van der Waals surface area (Å²) >= 11 is 0. The Labute approximate surface area is 110 Å². The molecule has 102 valence electrons. The molecule has 0 nitrogen and oxygen atoms in total. The van der Waals surface area contributed by atoms with E-state index in [9.17, 15) is 0 Å². The summed E-state index contributed by atoms with van der Waals surface area (Å²) in [5.74, 6) is 3.72. The molecule has 0 radical (unpaired) electrons. The third-order valence-corrected chi connectivity index (χ3v) is 4.84. The first-order valence-corrected chi connectivity index (χ1v) is 8.13. The molecule has 0 aliphatic heterocycles. The van der Waals surface area contributed by atoms with Crippen LogP contribution in [0.15, 0.2) is 0 Å². The van der Waals surface area contributed by atoms with E-state index in [-0.39, 0.29) is 0 Å². The first-order chi connectivity index (χ1) is 8.13. The Morgan fingerprint density at radius 2 is 0.824 bits per heavy atom. The predicted octanol–water partition coefficient (Wildman–Crippen LogP) is 6.06. The molecule has 1 saturated carbocycles. The third kappa shape index (κ3) is 5.44. The lowest BCUT2D eigenvalue weighted by molar-refractivity contribution is 0.166. The molecule has 0 N–H and O–H groups in total. The highest BCUT2D eigenvalue weighted by molar-refractivity contribution is 4.76. The molecule has 0 aromatic rings. The van der Waals surface area contributed by atoms with Crippen LogP contribution < -0.4 is 0 Å². The van der Waals surface area contributed by atoms with Crippen LogP contribution in [0.1, 0.15) is 85.5 Å². The van der Waals surface area contributed by atoms with Gasteiger partial charge in [-0.25, -0.2) is 0 Å². The molecular formula is C17H34. The lowest BCUT2D eigenvalue weighted by Crippen LogP contribution is -2.25. The minimum atomic E-state index is 0.878. The molecule has 17 heavy (non-hydrogen) atoms. The molecule has 0 bridgehead atoms. The summed E-state index contributed by atoms with van der Waals surface area (Å²) in [5, 5.41) is 0. The van der Waals surface area contributed by atoms with E-state index in [1.165, 1.54) is 57.8 Å². The van der Waals surface area contributed by atoms with Crippen molar-refractivity contribution in [3.63, 3.8) is 0 Å². The molecular weight excluding hydrogens is 204 g/mol. The quantitative estimate of drug-likeness (QED) is 0.549. The van der Waals surface area contributed by atoms with Crippen LogP contribution in [0.3, 0.4) is 0 Å². The van der Waals surface area contributed by atoms with Crippen molar-refractivity contribution in [3.05, 3.63) is 0 Å². The van der Waals surface area contributed by atoms with Gasteiger partial charge in [-0.1, -0.05) is 72.6 Å². The van der Waals surface area contributed by atoms with Crippen LogP contribution in [0, 0.1) is 23.7 Å². The molecule has 2 atom stereocenters. The molecule has 0 heterocycles. The van der Waals surface area contributed by atoms with E-state index < -0.39 is 0 Å². The monoisotopic (exact) mass is 238 g/mol. The van der Waals surface area contributed by atoms with Gasteiger partial charge in [-0.15, -0.1) is 0 Å². The summed E-state index contributed by atoms with van der Waals surface area (Å²) in [4.78, 5) is 0. The van der Waals surface area contributed by atoms with Gasteiger partial charge in [0.1, 0.15) is 0 Å². The molecule has 1 rings (SSSR count). The summed E-state index contributed by atoms with van der Waals surface area (Å²) < 4.78 is 0. The van der Waals surface area contributed by atoms with Gasteiger partial charge in [-0.3, -0.25) is 0 Å². The van der Waals surface area contributed by atoms with Gasteiger partial charge in [0.2, 0.25) is 0 Å². The van der Waals surface area contributed by atoms with E-state index in [1.807, 2.05) is 0 Å². The van der Waals surface area contributed by atoms with Crippen LogP contribution in [0.25, 0.3) is 0 Å². The summed E-state index contributed by atoms with van der Waals surface area (Å²) in [6.07, 6.45) is 13.3. The summed E-state index contributed by atoms with van der Waals surface area (Å²) in [6, 6.07) is 0. The van der Waals surface area contributed by atoms with Gasteiger partial charge in [-0.05, 0) is 36.5 Å². The lowest BCUT2D eigenvalue weighted by Gasteiger charge is -2.33. The van der Waals surface area contributed by atoms with Gasteiger partial charge >= 0.3 is 0 Å². The van der Waals surface area contributed by atoms with Crippen molar-refractivity contribution in [1.29, 1.82) is 0 Å². The third-order valence-electron chi connectivity index (χ3n) is 4.84. The van der Waals surface area contributed by atoms with Crippen molar-refractivity contribution in [1.82, 2.24) is 0 Å². The molecule has 1 fully saturated rings. The second kappa shape index (κ2) is 8.16. The maximum absolute atomic E-state index is 2.44. The smallest absolute Gasteiger partial charge is 0.0360 e. The van der Waals surface area contributed by atoms with Gasteiger partial charge in [0.25, 0.3) is 0 Å². The molecule has 0 amide bonds. The van der Waals surface area contributed by atoms with E-state index >= 15 is 0 Å². The molecule has 0 heteroatoms. The van der Waals surface area contributed by atoms with E-state index in [1.54, 1.807) is 0 Å². The first kappa shape index (κ1) is 15.1. The average molecular weight is 238 g/mol. The largest absolute Gasteiger partial charge is 0.0625 e. The van der Waals surface area contributed by atoms with E-state index in [0.29, 0.717) is 0 Å². The first-order valence-electron chi connectivity index (χ1n) is 8.13. The lowest BCUT2D eigenvalue weighted by atomic mass is 9.72. The predicted molar refractivity (Wildman–Crippen MR) is 78.2 cm³/mol. The fourth-order valence-electron chi connectivity index (χ4n) is 3.73. The molecule has 2 unspecified atom stereocenters. The Morgan fingerprint density at radius 1 is 0.529 bits per heavy atom. The number of hydrogen-bond donors (Lipinski definition) is 0. The second-order valence-corrected chi connectivity index (χ2v) is 6.87. The Kier molecular flexibility index (Phi) is 7.23. The van der Waals surface area contributed by atoms with E-state index in [2.05, 4.69) is 27.7 Å². The highest BCUT2D eigenvalue weighted by Gasteiger charge is 2.26. The summed E-state index contributed by atoms with van der Waals surface area (Å²) in [6.45, 7) is 9.78. The fourth-order valence-corrected chi connectivity index (χ4v) is 3.73. The topological polar surface area (TPSA) is 0 Å². The van der Waals surface area contributed by atoms with Crippen molar-refractivity contribution >= 4 is 0 Å². The van der Waals surface area contributed by atoms with Crippen LogP contribution in [0.2, 0.25) is 0 Å².